The molecular formula is C18H21P. The summed E-state index contributed by atoms with van der Waals surface area (Å²) in [5.41, 5.74) is 4.17. The molecule has 0 aliphatic rings. The summed E-state index contributed by atoms with van der Waals surface area (Å²) in [6.45, 7) is 10.6. The van der Waals surface area contributed by atoms with E-state index in [4.69, 9.17) is 0 Å². The Morgan fingerprint density at radius 3 is 2.11 bits per heavy atom. The van der Waals surface area contributed by atoms with E-state index in [0.717, 1.165) is 6.16 Å². The SMILES string of the molecule is C=CCP(c1ccccc1)c1c(C)cc(C)cc1C. The van der Waals surface area contributed by atoms with Crippen molar-refractivity contribution in [1.29, 1.82) is 0 Å². The van der Waals surface area contributed by atoms with Gasteiger partial charge in [-0.1, -0.05) is 54.1 Å². The zero-order valence-electron chi connectivity index (χ0n) is 12.0. The monoisotopic (exact) mass is 268 g/mol. The Labute approximate surface area is 117 Å². The third-order valence-electron chi connectivity index (χ3n) is 3.28. The van der Waals surface area contributed by atoms with Crippen LogP contribution in [-0.4, -0.2) is 6.16 Å². The van der Waals surface area contributed by atoms with Gasteiger partial charge in [0.05, 0.1) is 0 Å². The molecule has 0 spiro atoms. The van der Waals surface area contributed by atoms with Crippen molar-refractivity contribution in [2.75, 3.05) is 6.16 Å². The van der Waals surface area contributed by atoms with Gasteiger partial charge in [0.15, 0.2) is 0 Å². The van der Waals surface area contributed by atoms with Crippen LogP contribution in [0.5, 0.6) is 0 Å². The predicted molar refractivity (Wildman–Crippen MR) is 88.3 cm³/mol. The molecule has 1 unspecified atom stereocenters. The van der Waals surface area contributed by atoms with Crippen molar-refractivity contribution >= 4 is 18.5 Å². The minimum Gasteiger partial charge on any atom is -0.103 e. The van der Waals surface area contributed by atoms with Gasteiger partial charge in [0.1, 0.15) is 0 Å². The highest BCUT2D eigenvalue weighted by Gasteiger charge is 2.16. The van der Waals surface area contributed by atoms with E-state index in [-0.39, 0.29) is 7.92 Å². The Morgan fingerprint density at radius 1 is 1.00 bits per heavy atom. The number of aryl methyl sites for hydroxylation is 3. The van der Waals surface area contributed by atoms with Gasteiger partial charge in [-0.2, -0.15) is 0 Å². The van der Waals surface area contributed by atoms with E-state index in [1.165, 1.54) is 27.3 Å². The molecule has 0 nitrogen and oxygen atoms in total. The summed E-state index contributed by atoms with van der Waals surface area (Å²) in [7, 11) is -0.323. The fourth-order valence-electron chi connectivity index (χ4n) is 2.66. The van der Waals surface area contributed by atoms with Crippen molar-refractivity contribution in [2.45, 2.75) is 20.8 Å². The van der Waals surface area contributed by atoms with Crippen LogP contribution in [-0.2, 0) is 0 Å². The van der Waals surface area contributed by atoms with E-state index in [9.17, 15) is 0 Å². The van der Waals surface area contributed by atoms with Crippen molar-refractivity contribution in [3.05, 3.63) is 71.8 Å². The molecule has 0 saturated heterocycles. The van der Waals surface area contributed by atoms with Crippen LogP contribution in [0.4, 0.5) is 0 Å². The number of rotatable bonds is 4. The molecule has 0 radical (unpaired) electrons. The zero-order chi connectivity index (χ0) is 13.8. The molecule has 0 bridgehead atoms. The highest BCUT2D eigenvalue weighted by molar-refractivity contribution is 7.73. The molecule has 0 N–H and O–H groups in total. The largest absolute Gasteiger partial charge is 0.103 e. The van der Waals surface area contributed by atoms with Crippen LogP contribution in [0.15, 0.2) is 55.1 Å². The number of hydrogen-bond donors (Lipinski definition) is 0. The van der Waals surface area contributed by atoms with Crippen molar-refractivity contribution < 1.29 is 0 Å². The number of benzene rings is 2. The molecule has 0 fully saturated rings. The van der Waals surface area contributed by atoms with E-state index < -0.39 is 0 Å². The van der Waals surface area contributed by atoms with Crippen LogP contribution in [0.2, 0.25) is 0 Å². The molecule has 0 aromatic heterocycles. The number of hydrogen-bond acceptors (Lipinski definition) is 0. The molecule has 0 heterocycles. The third kappa shape index (κ3) is 3.14. The second kappa shape index (κ2) is 6.17. The fourth-order valence-corrected chi connectivity index (χ4v) is 5.08. The lowest BCUT2D eigenvalue weighted by Gasteiger charge is -2.22. The molecule has 2 aromatic carbocycles. The van der Waals surface area contributed by atoms with Crippen LogP contribution in [0.25, 0.3) is 0 Å². The van der Waals surface area contributed by atoms with Gasteiger partial charge < -0.3 is 0 Å². The normalized spacial score (nSPS) is 12.2. The molecule has 1 heteroatoms. The molecule has 0 amide bonds. The molecule has 0 saturated carbocycles. The van der Waals surface area contributed by atoms with Crippen LogP contribution in [0.3, 0.4) is 0 Å². The van der Waals surface area contributed by atoms with Crippen LogP contribution < -0.4 is 10.6 Å². The van der Waals surface area contributed by atoms with Crippen LogP contribution in [0.1, 0.15) is 16.7 Å². The fraction of sp³-hybridized carbons (Fsp3) is 0.222. The summed E-state index contributed by atoms with van der Waals surface area (Å²) in [5, 5.41) is 2.96. The summed E-state index contributed by atoms with van der Waals surface area (Å²) in [5.74, 6) is 0. The first-order valence-electron chi connectivity index (χ1n) is 6.65. The lowest BCUT2D eigenvalue weighted by molar-refractivity contribution is 1.35. The van der Waals surface area contributed by atoms with Gasteiger partial charge in [-0.15, -0.1) is 6.58 Å². The topological polar surface area (TPSA) is 0 Å². The smallest absolute Gasteiger partial charge is 0.00667 e. The standard InChI is InChI=1S/C18H21P/c1-5-11-19(17-9-7-6-8-10-17)18-15(3)12-14(2)13-16(18)4/h5-10,12-13H,1,11H2,2-4H3. The maximum atomic E-state index is 3.94. The van der Waals surface area contributed by atoms with Gasteiger partial charge in [-0.25, -0.2) is 0 Å². The Kier molecular flexibility index (Phi) is 4.56. The number of allylic oxidation sites excluding steroid dienone is 1. The lowest BCUT2D eigenvalue weighted by atomic mass is 10.1. The Morgan fingerprint density at radius 2 is 1.58 bits per heavy atom. The Bertz CT molecular complexity index is 546. The van der Waals surface area contributed by atoms with Gasteiger partial charge >= 0.3 is 0 Å². The van der Waals surface area contributed by atoms with E-state index in [1.807, 2.05) is 0 Å². The average molecular weight is 268 g/mol. The maximum Gasteiger partial charge on any atom is -0.00667 e. The third-order valence-corrected chi connectivity index (χ3v) is 6.07. The maximum absolute atomic E-state index is 3.94. The van der Waals surface area contributed by atoms with Crippen molar-refractivity contribution in [2.24, 2.45) is 0 Å². The summed E-state index contributed by atoms with van der Waals surface area (Å²) in [4.78, 5) is 0. The first-order valence-corrected chi connectivity index (χ1v) is 8.17. The summed E-state index contributed by atoms with van der Waals surface area (Å²) in [6, 6.07) is 15.4. The first-order chi connectivity index (χ1) is 9.13. The van der Waals surface area contributed by atoms with E-state index >= 15 is 0 Å². The van der Waals surface area contributed by atoms with Crippen molar-refractivity contribution in [3.8, 4) is 0 Å². The first kappa shape index (κ1) is 14.0. The molecule has 0 aliphatic heterocycles. The quantitative estimate of drug-likeness (QED) is 0.575. The van der Waals surface area contributed by atoms with Crippen molar-refractivity contribution in [1.82, 2.24) is 0 Å². The van der Waals surface area contributed by atoms with Gasteiger partial charge in [0.2, 0.25) is 0 Å². The minimum absolute atomic E-state index is 0.323. The predicted octanol–water partition coefficient (Wildman–Crippen LogP) is 4.23. The molecular weight excluding hydrogens is 247 g/mol. The average Bonchev–Trinajstić information content (AvgIpc) is 2.37. The molecule has 19 heavy (non-hydrogen) atoms. The summed E-state index contributed by atoms with van der Waals surface area (Å²) in [6.07, 6.45) is 3.10. The summed E-state index contributed by atoms with van der Waals surface area (Å²) < 4.78 is 0. The molecule has 98 valence electrons. The highest BCUT2D eigenvalue weighted by atomic mass is 31.1. The second-order valence-electron chi connectivity index (χ2n) is 4.98. The van der Waals surface area contributed by atoms with Crippen molar-refractivity contribution in [3.63, 3.8) is 0 Å². The second-order valence-corrected chi connectivity index (χ2v) is 7.17. The van der Waals surface area contributed by atoms with Gasteiger partial charge in [-0.3, -0.25) is 0 Å². The summed E-state index contributed by atoms with van der Waals surface area (Å²) >= 11 is 0. The van der Waals surface area contributed by atoms with Gasteiger partial charge in [0.25, 0.3) is 0 Å². The Hall–Kier alpha value is -1.39. The molecule has 1 atom stereocenters. The van der Waals surface area contributed by atoms with E-state index in [1.54, 1.807) is 0 Å². The highest BCUT2D eigenvalue weighted by Crippen LogP contribution is 2.36. The molecule has 2 aromatic rings. The van der Waals surface area contributed by atoms with Gasteiger partial charge in [0, 0.05) is 0 Å². The van der Waals surface area contributed by atoms with E-state index in [2.05, 4.69) is 75.9 Å². The Balaban J connectivity index is 2.54. The molecule has 0 aliphatic carbocycles. The molecule has 2 rings (SSSR count). The van der Waals surface area contributed by atoms with E-state index in [0.29, 0.717) is 0 Å². The van der Waals surface area contributed by atoms with Crippen LogP contribution in [0, 0.1) is 20.8 Å². The lowest BCUT2D eigenvalue weighted by Crippen LogP contribution is -2.19. The van der Waals surface area contributed by atoms with Gasteiger partial charge in [-0.05, 0) is 56.6 Å². The van der Waals surface area contributed by atoms with Crippen LogP contribution >= 0.6 is 7.92 Å². The zero-order valence-corrected chi connectivity index (χ0v) is 12.9. The minimum atomic E-state index is -0.323.